The van der Waals surface area contributed by atoms with Crippen LogP contribution in [0.5, 0.6) is 5.75 Å². The lowest BCUT2D eigenvalue weighted by Gasteiger charge is -2.33. The van der Waals surface area contributed by atoms with Crippen molar-refractivity contribution in [1.82, 2.24) is 5.32 Å². The molecule has 0 radical (unpaired) electrons. The molecule has 0 aromatic heterocycles. The van der Waals surface area contributed by atoms with Crippen LogP contribution in [0.3, 0.4) is 0 Å². The van der Waals surface area contributed by atoms with Crippen LogP contribution in [0.15, 0.2) is 43.0 Å². The molecule has 0 bridgehead atoms. The second kappa shape index (κ2) is 23.0. The number of methoxy groups -OCH3 is 2. The molecule has 190 valence electrons. The fourth-order valence-corrected chi connectivity index (χ4v) is 2.35. The molecule has 0 spiro atoms. The summed E-state index contributed by atoms with van der Waals surface area (Å²) in [4.78, 5) is 18.8. The Morgan fingerprint density at radius 2 is 1.67 bits per heavy atom. The highest BCUT2D eigenvalue weighted by atomic mass is 16.5. The van der Waals surface area contributed by atoms with Gasteiger partial charge in [-0.05, 0) is 65.2 Å². The molecular formula is C26H45NO6. The summed E-state index contributed by atoms with van der Waals surface area (Å²) in [7, 11) is 3.43. The van der Waals surface area contributed by atoms with E-state index in [2.05, 4.69) is 25.7 Å². The second-order valence-electron chi connectivity index (χ2n) is 8.01. The van der Waals surface area contributed by atoms with Crippen molar-refractivity contribution >= 4 is 12.7 Å². The van der Waals surface area contributed by atoms with Crippen LogP contribution in [0.4, 0.5) is 0 Å². The summed E-state index contributed by atoms with van der Waals surface area (Å²) in [5.74, 6) is 1.06. The van der Waals surface area contributed by atoms with E-state index < -0.39 is 0 Å². The number of hydrogen-bond acceptors (Lipinski definition) is 6. The molecule has 0 aliphatic carbocycles. The van der Waals surface area contributed by atoms with Gasteiger partial charge in [0, 0.05) is 33.3 Å². The molecule has 0 heterocycles. The predicted octanol–water partition coefficient (Wildman–Crippen LogP) is 4.45. The van der Waals surface area contributed by atoms with Crippen LogP contribution < -0.4 is 10.1 Å². The number of aldehydes is 1. The highest BCUT2D eigenvalue weighted by molar-refractivity contribution is 5.63. The van der Waals surface area contributed by atoms with E-state index in [0.29, 0.717) is 19.5 Å². The minimum Gasteiger partial charge on any atom is -0.493 e. The van der Waals surface area contributed by atoms with Crippen LogP contribution in [-0.2, 0) is 23.8 Å². The third-order valence-electron chi connectivity index (χ3n) is 4.68. The summed E-state index contributed by atoms with van der Waals surface area (Å²) < 4.78 is 22.0. The first-order chi connectivity index (χ1) is 15.8. The van der Waals surface area contributed by atoms with Gasteiger partial charge in [-0.15, -0.1) is 0 Å². The molecule has 0 saturated heterocycles. The van der Waals surface area contributed by atoms with Crippen molar-refractivity contribution in [1.29, 1.82) is 0 Å². The van der Waals surface area contributed by atoms with Gasteiger partial charge in [-0.25, -0.2) is 0 Å². The van der Waals surface area contributed by atoms with Gasteiger partial charge in [0.15, 0.2) is 0 Å². The van der Waals surface area contributed by atoms with E-state index in [1.807, 2.05) is 44.2 Å². The van der Waals surface area contributed by atoms with E-state index >= 15 is 0 Å². The summed E-state index contributed by atoms with van der Waals surface area (Å²) in [5.41, 5.74) is -0.274. The van der Waals surface area contributed by atoms with Crippen LogP contribution in [0.25, 0.3) is 0 Å². The quantitative estimate of drug-likeness (QED) is 0.220. The number of para-hydroxylation sites is 1. The predicted molar refractivity (Wildman–Crippen MR) is 134 cm³/mol. The van der Waals surface area contributed by atoms with E-state index in [1.54, 1.807) is 14.2 Å². The number of carbonyl (C=O) groups is 2. The zero-order valence-electron chi connectivity index (χ0n) is 21.4. The standard InChI is InChI=1S/C16H26O3.C7H15NO2.C3H4O/c1-13(2)18-11-14(16(3,4)17-5)12-19-15-9-7-6-8-10-15;1-10-6-4-2-3-5-8-7-9;1-2-3-4/h6-10,13-14H,11-12H2,1-5H3;7H,2-6H2,1H3,(H,8,9);2-3H,1H2. The molecule has 7 nitrogen and oxygen atoms in total. The minimum absolute atomic E-state index is 0.181. The molecule has 1 amide bonds. The molecule has 0 fully saturated rings. The SMILES string of the molecule is C=CC=O.COC(C)(C)C(COc1ccccc1)COC(C)C.COCCCCCNC=O. The second-order valence-corrected chi connectivity index (χ2v) is 8.01. The summed E-state index contributed by atoms with van der Waals surface area (Å²) in [6, 6.07) is 9.83. The van der Waals surface area contributed by atoms with E-state index in [1.165, 1.54) is 6.08 Å². The Balaban J connectivity index is 0. The molecule has 1 aromatic carbocycles. The van der Waals surface area contributed by atoms with Gasteiger partial charge in [0.1, 0.15) is 12.0 Å². The van der Waals surface area contributed by atoms with Crippen molar-refractivity contribution in [3.63, 3.8) is 0 Å². The van der Waals surface area contributed by atoms with Crippen LogP contribution in [-0.4, -0.2) is 65.0 Å². The van der Waals surface area contributed by atoms with Gasteiger partial charge in [-0.2, -0.15) is 0 Å². The lowest BCUT2D eigenvalue weighted by atomic mass is 9.92. The number of amides is 1. The van der Waals surface area contributed by atoms with Crippen molar-refractivity contribution in [2.75, 3.05) is 40.6 Å². The number of ether oxygens (including phenoxy) is 4. The van der Waals surface area contributed by atoms with E-state index in [-0.39, 0.29) is 17.6 Å². The minimum atomic E-state index is -0.274. The molecule has 33 heavy (non-hydrogen) atoms. The third kappa shape index (κ3) is 21.4. The first-order valence-corrected chi connectivity index (χ1v) is 11.4. The average Bonchev–Trinajstić information content (AvgIpc) is 2.82. The topological polar surface area (TPSA) is 83.1 Å². The Morgan fingerprint density at radius 1 is 1.03 bits per heavy atom. The third-order valence-corrected chi connectivity index (χ3v) is 4.68. The normalized spacial score (nSPS) is 11.2. The summed E-state index contributed by atoms with van der Waals surface area (Å²) in [5, 5.41) is 2.60. The number of nitrogens with one attached hydrogen (secondary N) is 1. The molecule has 0 aliphatic rings. The smallest absolute Gasteiger partial charge is 0.207 e. The number of unbranched alkanes of at least 4 members (excludes halogenated alkanes) is 2. The van der Waals surface area contributed by atoms with E-state index in [9.17, 15) is 4.79 Å². The monoisotopic (exact) mass is 467 g/mol. The average molecular weight is 468 g/mol. The Bertz CT molecular complexity index is 571. The Morgan fingerprint density at radius 3 is 2.15 bits per heavy atom. The molecule has 1 unspecified atom stereocenters. The zero-order valence-corrected chi connectivity index (χ0v) is 21.4. The fraction of sp³-hybridized carbons (Fsp3) is 0.615. The summed E-state index contributed by atoms with van der Waals surface area (Å²) in [6.45, 7) is 14.1. The maximum Gasteiger partial charge on any atom is 0.207 e. The lowest BCUT2D eigenvalue weighted by molar-refractivity contribution is -0.109. The summed E-state index contributed by atoms with van der Waals surface area (Å²) in [6.07, 6.45) is 6.02. The maximum absolute atomic E-state index is 9.76. The summed E-state index contributed by atoms with van der Waals surface area (Å²) >= 11 is 0. The van der Waals surface area contributed by atoms with Crippen LogP contribution in [0.2, 0.25) is 0 Å². The number of hydrogen-bond donors (Lipinski definition) is 1. The van der Waals surface area contributed by atoms with Crippen LogP contribution in [0.1, 0.15) is 47.0 Å². The lowest BCUT2D eigenvalue weighted by Crippen LogP contribution is -2.40. The molecular weight excluding hydrogens is 422 g/mol. The number of carbonyl (C=O) groups excluding carboxylic acids is 2. The Kier molecular flexibility index (Phi) is 22.9. The first-order valence-electron chi connectivity index (χ1n) is 11.4. The van der Waals surface area contributed by atoms with Gasteiger partial charge in [-0.3, -0.25) is 9.59 Å². The van der Waals surface area contributed by atoms with Crippen molar-refractivity contribution < 1.29 is 28.5 Å². The molecule has 1 N–H and O–H groups in total. The highest BCUT2D eigenvalue weighted by Gasteiger charge is 2.30. The largest absolute Gasteiger partial charge is 0.493 e. The number of benzene rings is 1. The zero-order chi connectivity index (χ0) is 25.4. The number of rotatable bonds is 16. The van der Waals surface area contributed by atoms with Gasteiger partial charge >= 0.3 is 0 Å². The van der Waals surface area contributed by atoms with Gasteiger partial charge in [-0.1, -0.05) is 24.8 Å². The van der Waals surface area contributed by atoms with Crippen molar-refractivity contribution in [3.8, 4) is 5.75 Å². The Hall–Kier alpha value is -2.22. The van der Waals surface area contributed by atoms with Crippen LogP contribution in [0, 0.1) is 5.92 Å². The molecule has 0 saturated carbocycles. The van der Waals surface area contributed by atoms with Gasteiger partial charge in [0.2, 0.25) is 6.41 Å². The molecule has 1 rings (SSSR count). The van der Waals surface area contributed by atoms with Gasteiger partial charge in [0.05, 0.1) is 24.9 Å². The highest BCUT2D eigenvalue weighted by Crippen LogP contribution is 2.23. The van der Waals surface area contributed by atoms with Crippen molar-refractivity contribution in [3.05, 3.63) is 43.0 Å². The van der Waals surface area contributed by atoms with E-state index in [0.717, 1.165) is 44.6 Å². The fourth-order valence-electron chi connectivity index (χ4n) is 2.35. The van der Waals surface area contributed by atoms with Gasteiger partial charge in [0.25, 0.3) is 0 Å². The molecule has 0 aliphatic heterocycles. The number of allylic oxidation sites excluding steroid dienone is 1. The molecule has 7 heteroatoms. The van der Waals surface area contributed by atoms with Crippen LogP contribution >= 0.6 is 0 Å². The first kappa shape index (κ1) is 33.0. The maximum atomic E-state index is 9.76. The van der Waals surface area contributed by atoms with Gasteiger partial charge < -0.3 is 24.3 Å². The molecule has 1 atom stereocenters. The Labute approximate surface area is 200 Å². The van der Waals surface area contributed by atoms with Crippen molar-refractivity contribution in [2.45, 2.75) is 58.7 Å². The van der Waals surface area contributed by atoms with E-state index in [4.69, 9.17) is 23.7 Å². The molecule has 1 aromatic rings. The van der Waals surface area contributed by atoms with Crippen molar-refractivity contribution in [2.24, 2.45) is 5.92 Å².